The van der Waals surface area contributed by atoms with E-state index in [0.29, 0.717) is 5.11 Å². The maximum Gasteiger partial charge on any atom is 0.187 e. The van der Waals surface area contributed by atoms with Crippen LogP contribution in [0.5, 0.6) is 0 Å². The summed E-state index contributed by atoms with van der Waals surface area (Å²) < 4.78 is 5.82. The minimum Gasteiger partial charge on any atom is -0.460 e. The number of aryl methyl sites for hydroxylation is 1. The van der Waals surface area contributed by atoms with Gasteiger partial charge in [-0.15, -0.1) is 0 Å². The summed E-state index contributed by atoms with van der Waals surface area (Å²) in [6.45, 7) is 8.20. The Kier molecular flexibility index (Phi) is 4.63. The molecular formula is C16H21N3OS. The second-order valence-electron chi connectivity index (χ2n) is 5.86. The number of hydrazone groups is 1. The molecule has 0 aliphatic heterocycles. The molecule has 2 rings (SSSR count). The largest absolute Gasteiger partial charge is 0.460 e. The van der Waals surface area contributed by atoms with E-state index in [1.807, 2.05) is 45.0 Å². The van der Waals surface area contributed by atoms with Gasteiger partial charge in [-0.2, -0.15) is 5.10 Å². The first-order valence-electron chi connectivity index (χ1n) is 7.02. The Labute approximate surface area is 130 Å². The van der Waals surface area contributed by atoms with Gasteiger partial charge in [-0.1, -0.05) is 25.1 Å². The van der Waals surface area contributed by atoms with Gasteiger partial charge >= 0.3 is 0 Å². The minimum atomic E-state index is -0.0868. The lowest BCUT2D eigenvalue weighted by atomic mass is 10.1. The molecule has 112 valence electrons. The zero-order chi connectivity index (χ0) is 15.5. The maximum atomic E-state index is 5.82. The van der Waals surface area contributed by atoms with E-state index in [1.165, 1.54) is 0 Å². The van der Waals surface area contributed by atoms with E-state index < -0.39 is 0 Å². The summed E-state index contributed by atoms with van der Waals surface area (Å²) in [4.78, 5) is 0. The zero-order valence-electron chi connectivity index (χ0n) is 12.9. The summed E-state index contributed by atoms with van der Waals surface area (Å²) in [5, 5.41) is 8.93. The van der Waals surface area contributed by atoms with Gasteiger partial charge in [0.25, 0.3) is 0 Å². The van der Waals surface area contributed by atoms with Crippen molar-refractivity contribution in [3.63, 3.8) is 0 Å². The Hall–Kier alpha value is -1.88. The fourth-order valence-corrected chi connectivity index (χ4v) is 2.40. The number of nitrogens with one attached hydrogen (secondary N) is 2. The smallest absolute Gasteiger partial charge is 0.187 e. The van der Waals surface area contributed by atoms with Gasteiger partial charge in [0.15, 0.2) is 5.11 Å². The van der Waals surface area contributed by atoms with Crippen LogP contribution in [0.15, 0.2) is 33.8 Å². The molecule has 0 saturated heterocycles. The van der Waals surface area contributed by atoms with Crippen LogP contribution in [-0.2, 0) is 6.42 Å². The fraction of sp³-hybridized carbons (Fsp3) is 0.375. The van der Waals surface area contributed by atoms with Gasteiger partial charge in [0.1, 0.15) is 11.3 Å². The monoisotopic (exact) mass is 303 g/mol. The Morgan fingerprint density at radius 2 is 2.05 bits per heavy atom. The third-order valence-corrected chi connectivity index (χ3v) is 3.07. The summed E-state index contributed by atoms with van der Waals surface area (Å²) in [5.41, 5.74) is 4.63. The summed E-state index contributed by atoms with van der Waals surface area (Å²) in [7, 11) is 0. The van der Waals surface area contributed by atoms with E-state index in [0.717, 1.165) is 28.7 Å². The Bertz CT molecular complexity index is 668. The molecule has 1 aromatic carbocycles. The molecule has 0 aliphatic carbocycles. The van der Waals surface area contributed by atoms with E-state index in [1.54, 1.807) is 6.21 Å². The third kappa shape index (κ3) is 4.04. The number of hydrogen-bond acceptors (Lipinski definition) is 3. The quantitative estimate of drug-likeness (QED) is 0.517. The molecule has 21 heavy (non-hydrogen) atoms. The third-order valence-electron chi connectivity index (χ3n) is 2.88. The van der Waals surface area contributed by atoms with Crippen molar-refractivity contribution in [2.75, 3.05) is 0 Å². The molecule has 0 atom stereocenters. The van der Waals surface area contributed by atoms with Crippen molar-refractivity contribution in [1.29, 1.82) is 0 Å². The van der Waals surface area contributed by atoms with Crippen molar-refractivity contribution in [2.45, 2.75) is 39.7 Å². The van der Waals surface area contributed by atoms with E-state index in [9.17, 15) is 0 Å². The van der Waals surface area contributed by atoms with Crippen molar-refractivity contribution in [3.05, 3.63) is 35.6 Å². The number of para-hydroxylation sites is 1. The highest BCUT2D eigenvalue weighted by atomic mass is 32.1. The first kappa shape index (κ1) is 15.5. The lowest BCUT2D eigenvalue weighted by Gasteiger charge is -2.21. The van der Waals surface area contributed by atoms with Gasteiger partial charge in [-0.25, -0.2) is 0 Å². The predicted molar refractivity (Wildman–Crippen MR) is 91.8 cm³/mol. The molecule has 0 amide bonds. The molecule has 0 spiro atoms. The van der Waals surface area contributed by atoms with E-state index in [4.69, 9.17) is 16.6 Å². The Balaban J connectivity index is 2.16. The normalized spacial score (nSPS) is 12.0. The number of hydrogen-bond donors (Lipinski definition) is 2. The first-order valence-corrected chi connectivity index (χ1v) is 7.43. The average Bonchev–Trinajstić information content (AvgIpc) is 2.75. The van der Waals surface area contributed by atoms with Crippen molar-refractivity contribution in [3.8, 4) is 0 Å². The zero-order valence-corrected chi connectivity index (χ0v) is 13.7. The molecule has 1 aromatic heterocycles. The van der Waals surface area contributed by atoms with Crippen molar-refractivity contribution in [1.82, 2.24) is 10.7 Å². The molecule has 0 fully saturated rings. The summed E-state index contributed by atoms with van der Waals surface area (Å²) in [5.74, 6) is 0.927. The summed E-state index contributed by atoms with van der Waals surface area (Å²) in [6, 6.07) is 7.96. The fourth-order valence-electron chi connectivity index (χ4n) is 2.04. The number of thiocarbonyl (C=S) groups is 1. The van der Waals surface area contributed by atoms with Gasteiger partial charge in [0, 0.05) is 22.9 Å². The number of fused-ring (bicyclic) bond motifs is 1. The molecule has 2 aromatic rings. The molecule has 2 N–H and O–H groups in total. The van der Waals surface area contributed by atoms with Crippen LogP contribution in [0.4, 0.5) is 0 Å². The van der Waals surface area contributed by atoms with Crippen LogP contribution >= 0.6 is 12.2 Å². The number of nitrogens with zero attached hydrogens (tertiary/aromatic N) is 1. The van der Waals surface area contributed by atoms with Gasteiger partial charge < -0.3 is 9.73 Å². The lowest BCUT2D eigenvalue weighted by molar-refractivity contribution is 0.508. The molecule has 0 aliphatic rings. The SMILES string of the molecule is CCc1oc2ccccc2c1/C=N\NC(=S)NC(C)(C)C. The topological polar surface area (TPSA) is 49.6 Å². The highest BCUT2D eigenvalue weighted by Crippen LogP contribution is 2.24. The minimum absolute atomic E-state index is 0.0868. The van der Waals surface area contributed by atoms with Crippen LogP contribution in [0.1, 0.15) is 39.0 Å². The first-order chi connectivity index (χ1) is 9.90. The number of benzene rings is 1. The molecule has 4 nitrogen and oxygen atoms in total. The van der Waals surface area contributed by atoms with Crippen molar-refractivity contribution in [2.24, 2.45) is 5.10 Å². The van der Waals surface area contributed by atoms with E-state index >= 15 is 0 Å². The van der Waals surface area contributed by atoms with Crippen molar-refractivity contribution < 1.29 is 4.42 Å². The molecule has 0 radical (unpaired) electrons. The van der Waals surface area contributed by atoms with Crippen LogP contribution in [0.3, 0.4) is 0 Å². The van der Waals surface area contributed by atoms with E-state index in [-0.39, 0.29) is 5.54 Å². The summed E-state index contributed by atoms with van der Waals surface area (Å²) >= 11 is 5.19. The Morgan fingerprint density at radius 3 is 2.71 bits per heavy atom. The van der Waals surface area contributed by atoms with Crippen molar-refractivity contribution >= 4 is 34.5 Å². The summed E-state index contributed by atoms with van der Waals surface area (Å²) in [6.07, 6.45) is 2.59. The maximum absolute atomic E-state index is 5.82. The van der Waals surface area contributed by atoms with Gasteiger partial charge in [0.05, 0.1) is 6.21 Å². The van der Waals surface area contributed by atoms with E-state index in [2.05, 4.69) is 22.8 Å². The average molecular weight is 303 g/mol. The number of rotatable bonds is 3. The standard InChI is InChI=1S/C16H21N3OS/c1-5-13-12(11-8-6-7-9-14(11)20-13)10-17-19-15(21)18-16(2,3)4/h6-10H,5H2,1-4H3,(H2,18,19,21)/b17-10-. The van der Waals surface area contributed by atoms with Crippen LogP contribution in [-0.4, -0.2) is 16.9 Å². The molecule has 0 saturated carbocycles. The highest BCUT2D eigenvalue weighted by molar-refractivity contribution is 7.80. The van der Waals surface area contributed by atoms with Crippen LogP contribution < -0.4 is 10.7 Å². The van der Waals surface area contributed by atoms with Gasteiger partial charge in [0.2, 0.25) is 0 Å². The van der Waals surface area contributed by atoms with Crippen LogP contribution in [0.2, 0.25) is 0 Å². The van der Waals surface area contributed by atoms with Crippen LogP contribution in [0, 0.1) is 0 Å². The molecule has 0 bridgehead atoms. The second-order valence-corrected chi connectivity index (χ2v) is 6.27. The predicted octanol–water partition coefficient (Wildman–Crippen LogP) is 3.59. The Morgan fingerprint density at radius 1 is 1.33 bits per heavy atom. The van der Waals surface area contributed by atoms with Gasteiger partial charge in [-0.3, -0.25) is 5.43 Å². The molecular weight excluding hydrogens is 282 g/mol. The number of furan rings is 1. The second kappa shape index (κ2) is 6.26. The molecule has 5 heteroatoms. The molecule has 1 heterocycles. The lowest BCUT2D eigenvalue weighted by Crippen LogP contribution is -2.44. The van der Waals surface area contributed by atoms with Gasteiger partial charge in [-0.05, 0) is 39.1 Å². The highest BCUT2D eigenvalue weighted by Gasteiger charge is 2.11. The van der Waals surface area contributed by atoms with Crippen LogP contribution in [0.25, 0.3) is 11.0 Å². The molecule has 0 unspecified atom stereocenters.